The number of piperazine rings is 1. The van der Waals surface area contributed by atoms with Crippen molar-refractivity contribution in [2.24, 2.45) is 5.16 Å². The van der Waals surface area contributed by atoms with Crippen molar-refractivity contribution in [3.8, 4) is 0 Å². The van der Waals surface area contributed by atoms with E-state index in [0.29, 0.717) is 24.4 Å². The SMILES string of the molecule is O=C(NCCC(=O)N1CCN(c2ccccc2)CC1)C1CC(c2cccc(F)c2)=NO1. The van der Waals surface area contributed by atoms with Gasteiger partial charge in [0, 0.05) is 56.8 Å². The van der Waals surface area contributed by atoms with E-state index in [1.165, 1.54) is 17.8 Å². The molecule has 2 amide bonds. The zero-order valence-corrected chi connectivity index (χ0v) is 17.2. The van der Waals surface area contributed by atoms with Crippen molar-refractivity contribution in [3.63, 3.8) is 0 Å². The fraction of sp³-hybridized carbons (Fsp3) is 0.348. The van der Waals surface area contributed by atoms with Crippen molar-refractivity contribution in [2.45, 2.75) is 18.9 Å². The second kappa shape index (κ2) is 9.59. The molecule has 2 aromatic carbocycles. The monoisotopic (exact) mass is 424 g/mol. The Morgan fingerprint density at radius 2 is 1.84 bits per heavy atom. The van der Waals surface area contributed by atoms with Crippen LogP contribution in [0.15, 0.2) is 59.8 Å². The molecule has 2 aliphatic rings. The Hall–Kier alpha value is -3.42. The zero-order chi connectivity index (χ0) is 21.6. The highest BCUT2D eigenvalue weighted by molar-refractivity contribution is 6.04. The van der Waals surface area contributed by atoms with Gasteiger partial charge >= 0.3 is 0 Å². The average molecular weight is 424 g/mol. The third-order valence-electron chi connectivity index (χ3n) is 5.51. The lowest BCUT2D eigenvalue weighted by Gasteiger charge is -2.36. The van der Waals surface area contributed by atoms with Crippen LogP contribution in [0.3, 0.4) is 0 Å². The summed E-state index contributed by atoms with van der Waals surface area (Å²) in [6, 6.07) is 16.2. The first kappa shape index (κ1) is 20.8. The van der Waals surface area contributed by atoms with E-state index in [9.17, 15) is 14.0 Å². The lowest BCUT2D eigenvalue weighted by atomic mass is 10.0. The summed E-state index contributed by atoms with van der Waals surface area (Å²) >= 11 is 0. The number of halogens is 1. The van der Waals surface area contributed by atoms with Gasteiger partial charge in [0.15, 0.2) is 0 Å². The zero-order valence-electron chi connectivity index (χ0n) is 17.2. The number of rotatable bonds is 6. The number of amides is 2. The van der Waals surface area contributed by atoms with E-state index in [4.69, 9.17) is 4.84 Å². The van der Waals surface area contributed by atoms with Crippen LogP contribution in [0.4, 0.5) is 10.1 Å². The van der Waals surface area contributed by atoms with Crippen LogP contribution in [0, 0.1) is 5.82 Å². The number of carbonyl (C=O) groups is 2. The number of anilines is 1. The van der Waals surface area contributed by atoms with Crippen LogP contribution < -0.4 is 10.2 Å². The molecular weight excluding hydrogens is 399 g/mol. The first-order valence-electron chi connectivity index (χ1n) is 10.4. The van der Waals surface area contributed by atoms with E-state index in [-0.39, 0.29) is 37.0 Å². The molecule has 8 heteroatoms. The molecule has 2 aliphatic heterocycles. The average Bonchev–Trinajstić information content (AvgIpc) is 3.30. The predicted molar refractivity (Wildman–Crippen MR) is 115 cm³/mol. The molecular formula is C23H25FN4O3. The van der Waals surface area contributed by atoms with Gasteiger partial charge in [0.1, 0.15) is 5.82 Å². The Bertz CT molecular complexity index is 958. The van der Waals surface area contributed by atoms with Gasteiger partial charge in [0.2, 0.25) is 12.0 Å². The molecule has 162 valence electrons. The number of nitrogens with one attached hydrogen (secondary N) is 1. The summed E-state index contributed by atoms with van der Waals surface area (Å²) in [5.41, 5.74) is 2.30. The van der Waals surface area contributed by atoms with Gasteiger partial charge in [-0.05, 0) is 24.3 Å². The molecule has 0 aliphatic carbocycles. The molecule has 31 heavy (non-hydrogen) atoms. The van der Waals surface area contributed by atoms with Crippen LogP contribution in [0.2, 0.25) is 0 Å². The maximum Gasteiger partial charge on any atom is 0.264 e. The molecule has 0 saturated carbocycles. The van der Waals surface area contributed by atoms with Crippen LogP contribution in [0.5, 0.6) is 0 Å². The number of hydrogen-bond donors (Lipinski definition) is 1. The van der Waals surface area contributed by atoms with Gasteiger partial charge in [-0.1, -0.05) is 35.5 Å². The van der Waals surface area contributed by atoms with Crippen molar-refractivity contribution < 1.29 is 18.8 Å². The smallest absolute Gasteiger partial charge is 0.264 e. The maximum atomic E-state index is 13.4. The highest BCUT2D eigenvalue weighted by Gasteiger charge is 2.29. The molecule has 0 radical (unpaired) electrons. The summed E-state index contributed by atoms with van der Waals surface area (Å²) in [5.74, 6) is -0.662. The van der Waals surface area contributed by atoms with Crippen molar-refractivity contribution in [3.05, 3.63) is 66.0 Å². The van der Waals surface area contributed by atoms with Gasteiger partial charge in [-0.25, -0.2) is 4.39 Å². The molecule has 1 saturated heterocycles. The van der Waals surface area contributed by atoms with E-state index in [2.05, 4.69) is 27.5 Å². The third-order valence-corrected chi connectivity index (χ3v) is 5.51. The predicted octanol–water partition coefficient (Wildman–Crippen LogP) is 2.17. The van der Waals surface area contributed by atoms with E-state index in [0.717, 1.165) is 13.1 Å². The van der Waals surface area contributed by atoms with Crippen LogP contribution >= 0.6 is 0 Å². The summed E-state index contributed by atoms with van der Waals surface area (Å²) in [5, 5.41) is 6.65. The summed E-state index contributed by atoms with van der Waals surface area (Å²) in [4.78, 5) is 34.1. The number of carbonyl (C=O) groups excluding carboxylic acids is 2. The lowest BCUT2D eigenvalue weighted by molar-refractivity contribution is -0.132. The molecule has 0 aromatic heterocycles. The largest absolute Gasteiger partial charge is 0.382 e. The second-order valence-electron chi connectivity index (χ2n) is 7.59. The van der Waals surface area contributed by atoms with E-state index >= 15 is 0 Å². The third kappa shape index (κ3) is 5.20. The van der Waals surface area contributed by atoms with E-state index < -0.39 is 6.10 Å². The summed E-state index contributed by atoms with van der Waals surface area (Å²) in [6.45, 7) is 3.15. The van der Waals surface area contributed by atoms with Crippen LogP contribution in [0.25, 0.3) is 0 Å². The van der Waals surface area contributed by atoms with Gasteiger partial charge in [0.05, 0.1) is 5.71 Å². The number of oxime groups is 1. The number of nitrogens with zero attached hydrogens (tertiary/aromatic N) is 3. The fourth-order valence-corrected chi connectivity index (χ4v) is 3.77. The van der Waals surface area contributed by atoms with Crippen LogP contribution in [-0.4, -0.2) is 61.3 Å². The normalized spacial score (nSPS) is 18.4. The van der Waals surface area contributed by atoms with Crippen molar-refractivity contribution in [1.29, 1.82) is 0 Å². The highest BCUT2D eigenvalue weighted by Crippen LogP contribution is 2.18. The topological polar surface area (TPSA) is 74.2 Å². The van der Waals surface area contributed by atoms with E-state index in [1.54, 1.807) is 12.1 Å². The van der Waals surface area contributed by atoms with Crippen molar-refractivity contribution >= 4 is 23.2 Å². The molecule has 1 atom stereocenters. The van der Waals surface area contributed by atoms with Gasteiger partial charge < -0.3 is 20.0 Å². The number of benzene rings is 2. The molecule has 2 heterocycles. The number of para-hydroxylation sites is 1. The molecule has 1 unspecified atom stereocenters. The molecule has 7 nitrogen and oxygen atoms in total. The Morgan fingerprint density at radius 3 is 2.58 bits per heavy atom. The van der Waals surface area contributed by atoms with Gasteiger partial charge in [-0.15, -0.1) is 0 Å². The van der Waals surface area contributed by atoms with Crippen molar-refractivity contribution in [2.75, 3.05) is 37.6 Å². The Morgan fingerprint density at radius 1 is 1.06 bits per heavy atom. The minimum absolute atomic E-state index is 0.0250. The Kier molecular flexibility index (Phi) is 6.45. The first-order valence-corrected chi connectivity index (χ1v) is 10.4. The summed E-state index contributed by atoms with van der Waals surface area (Å²) < 4.78 is 13.4. The maximum absolute atomic E-state index is 13.4. The lowest BCUT2D eigenvalue weighted by Crippen LogP contribution is -2.49. The first-order chi connectivity index (χ1) is 15.1. The summed E-state index contributed by atoms with van der Waals surface area (Å²) in [7, 11) is 0. The standard InChI is InChI=1S/C23H25FN4O3/c24-18-6-4-5-17(15-18)20-16-21(31-26-20)23(30)25-10-9-22(29)28-13-11-27(12-14-28)19-7-2-1-3-8-19/h1-8,15,21H,9-14,16H2,(H,25,30). The summed E-state index contributed by atoms with van der Waals surface area (Å²) in [6.07, 6.45) is -0.255. The quantitative estimate of drug-likeness (QED) is 0.772. The Labute approximate surface area is 180 Å². The molecule has 1 N–H and O–H groups in total. The minimum atomic E-state index is -0.761. The molecule has 1 fully saturated rings. The van der Waals surface area contributed by atoms with Gasteiger partial charge in [-0.3, -0.25) is 9.59 Å². The molecule has 0 spiro atoms. The molecule has 0 bridgehead atoms. The minimum Gasteiger partial charge on any atom is -0.382 e. The second-order valence-corrected chi connectivity index (χ2v) is 7.59. The van der Waals surface area contributed by atoms with Crippen LogP contribution in [0.1, 0.15) is 18.4 Å². The van der Waals surface area contributed by atoms with E-state index in [1.807, 2.05) is 23.1 Å². The number of hydrogen-bond acceptors (Lipinski definition) is 5. The molecule has 2 aromatic rings. The fourth-order valence-electron chi connectivity index (χ4n) is 3.77. The van der Waals surface area contributed by atoms with Gasteiger partial charge in [-0.2, -0.15) is 0 Å². The van der Waals surface area contributed by atoms with Gasteiger partial charge in [0.25, 0.3) is 5.91 Å². The Balaban J connectivity index is 1.17. The van der Waals surface area contributed by atoms with Crippen LogP contribution in [-0.2, 0) is 14.4 Å². The molecule has 4 rings (SSSR count). The van der Waals surface area contributed by atoms with Crippen molar-refractivity contribution in [1.82, 2.24) is 10.2 Å². The highest BCUT2D eigenvalue weighted by atomic mass is 19.1.